The van der Waals surface area contributed by atoms with E-state index in [1.165, 1.54) is 12.1 Å². The molecule has 1 fully saturated rings. The third-order valence-corrected chi connectivity index (χ3v) is 4.54. The largest absolute Gasteiger partial charge is 0.368 e. The lowest BCUT2D eigenvalue weighted by atomic mass is 10.1. The molecular weight excluding hydrogens is 342 g/mol. The molecule has 0 N–H and O–H groups in total. The topological polar surface area (TPSA) is 66.7 Å². The molecule has 0 bridgehead atoms. The molecule has 0 saturated carbocycles. The van der Waals surface area contributed by atoms with E-state index in [4.69, 9.17) is 11.6 Å². The van der Waals surface area contributed by atoms with E-state index in [1.54, 1.807) is 18.2 Å². The first-order valence-corrected chi connectivity index (χ1v) is 8.42. The maximum absolute atomic E-state index is 12.4. The molecule has 0 unspecified atom stereocenters. The van der Waals surface area contributed by atoms with Crippen LogP contribution in [0, 0.1) is 10.1 Å². The quantitative estimate of drug-likeness (QED) is 0.621. The highest BCUT2D eigenvalue weighted by molar-refractivity contribution is 6.30. The minimum atomic E-state index is -0.407. The minimum absolute atomic E-state index is 0.0825. The van der Waals surface area contributed by atoms with Crippen LogP contribution < -0.4 is 4.90 Å². The smallest absolute Gasteiger partial charge is 0.269 e. The van der Waals surface area contributed by atoms with Crippen LogP contribution in [0.25, 0.3) is 0 Å². The van der Waals surface area contributed by atoms with Crippen LogP contribution in [0.15, 0.2) is 48.5 Å². The molecule has 1 amide bonds. The summed E-state index contributed by atoms with van der Waals surface area (Å²) in [5.41, 5.74) is 1.93. The standard InChI is InChI=1S/C18H18ClN3O3/c19-15-3-1-2-14(12-15)13-18(23)21-10-8-20(9-11-21)16-4-6-17(7-5-16)22(24)25/h1-7,12H,8-11,13H2. The molecule has 2 aromatic carbocycles. The molecule has 6 nitrogen and oxygen atoms in total. The number of non-ortho nitro benzene ring substituents is 1. The van der Waals surface area contributed by atoms with Crippen LogP contribution in [0.1, 0.15) is 5.56 Å². The lowest BCUT2D eigenvalue weighted by Gasteiger charge is -2.36. The summed E-state index contributed by atoms with van der Waals surface area (Å²) < 4.78 is 0. The van der Waals surface area contributed by atoms with E-state index in [1.807, 2.05) is 23.1 Å². The van der Waals surface area contributed by atoms with Crippen molar-refractivity contribution in [1.29, 1.82) is 0 Å². The molecule has 1 aliphatic rings. The number of carbonyl (C=O) groups is 1. The fourth-order valence-corrected chi connectivity index (χ4v) is 3.15. The second-order valence-corrected chi connectivity index (χ2v) is 6.38. The molecule has 0 spiro atoms. The normalized spacial score (nSPS) is 14.4. The van der Waals surface area contributed by atoms with Gasteiger partial charge in [-0.1, -0.05) is 23.7 Å². The molecule has 1 saturated heterocycles. The Kier molecular flexibility index (Phi) is 5.19. The third-order valence-electron chi connectivity index (χ3n) is 4.30. The highest BCUT2D eigenvalue weighted by Gasteiger charge is 2.21. The van der Waals surface area contributed by atoms with Crippen LogP contribution in [-0.2, 0) is 11.2 Å². The number of hydrogen-bond donors (Lipinski definition) is 0. The van der Waals surface area contributed by atoms with Gasteiger partial charge in [-0.05, 0) is 29.8 Å². The Bertz CT molecular complexity index is 771. The van der Waals surface area contributed by atoms with Gasteiger partial charge < -0.3 is 9.80 Å². The number of benzene rings is 2. The predicted molar refractivity (Wildman–Crippen MR) is 97.0 cm³/mol. The summed E-state index contributed by atoms with van der Waals surface area (Å²) in [4.78, 5) is 26.7. The summed E-state index contributed by atoms with van der Waals surface area (Å²) in [6.45, 7) is 2.69. The fourth-order valence-electron chi connectivity index (χ4n) is 2.93. The zero-order valence-electron chi connectivity index (χ0n) is 13.6. The number of rotatable bonds is 4. The summed E-state index contributed by atoms with van der Waals surface area (Å²) in [6, 6.07) is 13.9. The van der Waals surface area contributed by atoms with Crippen molar-refractivity contribution < 1.29 is 9.72 Å². The second-order valence-electron chi connectivity index (χ2n) is 5.95. The van der Waals surface area contributed by atoms with Gasteiger partial charge in [0.25, 0.3) is 5.69 Å². The van der Waals surface area contributed by atoms with Gasteiger partial charge in [0.2, 0.25) is 5.91 Å². The van der Waals surface area contributed by atoms with Gasteiger partial charge >= 0.3 is 0 Å². The molecule has 0 aliphatic carbocycles. The van der Waals surface area contributed by atoms with Gasteiger partial charge in [0.05, 0.1) is 11.3 Å². The summed E-state index contributed by atoms with van der Waals surface area (Å²) in [7, 11) is 0. The van der Waals surface area contributed by atoms with Crippen molar-refractivity contribution in [2.75, 3.05) is 31.1 Å². The first kappa shape index (κ1) is 17.2. The molecule has 1 heterocycles. The van der Waals surface area contributed by atoms with Gasteiger partial charge in [0.15, 0.2) is 0 Å². The predicted octanol–water partition coefficient (Wildman–Crippen LogP) is 3.14. The van der Waals surface area contributed by atoms with Crippen molar-refractivity contribution in [2.45, 2.75) is 6.42 Å². The SMILES string of the molecule is O=C(Cc1cccc(Cl)c1)N1CCN(c2ccc([N+](=O)[O-])cc2)CC1. The Morgan fingerprint density at radius 1 is 1.08 bits per heavy atom. The number of amides is 1. The van der Waals surface area contributed by atoms with Crippen LogP contribution >= 0.6 is 11.6 Å². The van der Waals surface area contributed by atoms with E-state index in [-0.39, 0.29) is 11.6 Å². The fraction of sp³-hybridized carbons (Fsp3) is 0.278. The number of piperazine rings is 1. The molecule has 0 atom stereocenters. The van der Waals surface area contributed by atoms with Gasteiger partial charge in [0.1, 0.15) is 0 Å². The molecular formula is C18H18ClN3O3. The van der Waals surface area contributed by atoms with Crippen molar-refractivity contribution >= 4 is 28.9 Å². The van der Waals surface area contributed by atoms with E-state index < -0.39 is 4.92 Å². The average molecular weight is 360 g/mol. The van der Waals surface area contributed by atoms with Crippen LogP contribution in [0.2, 0.25) is 5.02 Å². The Balaban J connectivity index is 1.56. The number of nitrogens with zero attached hydrogens (tertiary/aromatic N) is 3. The molecule has 0 aromatic heterocycles. The van der Waals surface area contributed by atoms with Gasteiger partial charge in [-0.15, -0.1) is 0 Å². The summed E-state index contributed by atoms with van der Waals surface area (Å²) in [5.74, 6) is 0.0885. The lowest BCUT2D eigenvalue weighted by molar-refractivity contribution is -0.384. The number of anilines is 1. The van der Waals surface area contributed by atoms with Crippen molar-refractivity contribution in [1.82, 2.24) is 4.90 Å². The number of nitro groups is 1. The van der Waals surface area contributed by atoms with Crippen molar-refractivity contribution in [3.63, 3.8) is 0 Å². The average Bonchev–Trinajstić information content (AvgIpc) is 2.62. The zero-order chi connectivity index (χ0) is 17.8. The summed E-state index contributed by atoms with van der Waals surface area (Å²) >= 11 is 5.96. The van der Waals surface area contributed by atoms with Crippen LogP contribution in [0.3, 0.4) is 0 Å². The van der Waals surface area contributed by atoms with Crippen molar-refractivity contribution in [2.24, 2.45) is 0 Å². The van der Waals surface area contributed by atoms with E-state index in [0.29, 0.717) is 37.6 Å². The third kappa shape index (κ3) is 4.28. The monoisotopic (exact) mass is 359 g/mol. The van der Waals surface area contributed by atoms with E-state index >= 15 is 0 Å². The highest BCUT2D eigenvalue weighted by atomic mass is 35.5. The van der Waals surface area contributed by atoms with Crippen molar-refractivity contribution in [3.05, 3.63) is 69.2 Å². The first-order valence-electron chi connectivity index (χ1n) is 8.04. The molecule has 0 radical (unpaired) electrons. The molecule has 3 rings (SSSR count). The maximum atomic E-state index is 12.4. The van der Waals surface area contributed by atoms with Gasteiger partial charge in [-0.3, -0.25) is 14.9 Å². The number of hydrogen-bond acceptors (Lipinski definition) is 4. The van der Waals surface area contributed by atoms with Crippen LogP contribution in [0.4, 0.5) is 11.4 Å². The lowest BCUT2D eigenvalue weighted by Crippen LogP contribution is -2.49. The summed E-state index contributed by atoms with van der Waals surface area (Å²) in [5, 5.41) is 11.3. The molecule has 25 heavy (non-hydrogen) atoms. The molecule has 2 aromatic rings. The number of nitro benzene ring substituents is 1. The van der Waals surface area contributed by atoms with Crippen LogP contribution in [-0.4, -0.2) is 41.9 Å². The van der Waals surface area contributed by atoms with E-state index in [2.05, 4.69) is 4.90 Å². The Hall–Kier alpha value is -2.60. The number of carbonyl (C=O) groups excluding carboxylic acids is 1. The zero-order valence-corrected chi connectivity index (χ0v) is 14.4. The van der Waals surface area contributed by atoms with Gasteiger partial charge in [0, 0.05) is 49.0 Å². The van der Waals surface area contributed by atoms with Crippen LogP contribution in [0.5, 0.6) is 0 Å². The maximum Gasteiger partial charge on any atom is 0.269 e. The van der Waals surface area contributed by atoms with E-state index in [9.17, 15) is 14.9 Å². The first-order chi connectivity index (χ1) is 12.0. The Morgan fingerprint density at radius 3 is 2.36 bits per heavy atom. The van der Waals surface area contributed by atoms with Gasteiger partial charge in [-0.2, -0.15) is 0 Å². The minimum Gasteiger partial charge on any atom is -0.368 e. The Morgan fingerprint density at radius 2 is 1.76 bits per heavy atom. The molecule has 1 aliphatic heterocycles. The Labute approximate surface area is 150 Å². The van der Waals surface area contributed by atoms with E-state index in [0.717, 1.165) is 11.3 Å². The molecule has 7 heteroatoms. The van der Waals surface area contributed by atoms with Crippen molar-refractivity contribution in [3.8, 4) is 0 Å². The number of halogens is 1. The van der Waals surface area contributed by atoms with Gasteiger partial charge in [-0.25, -0.2) is 0 Å². The summed E-state index contributed by atoms with van der Waals surface area (Å²) in [6.07, 6.45) is 0.345. The second kappa shape index (κ2) is 7.53. The molecule has 130 valence electrons. The highest BCUT2D eigenvalue weighted by Crippen LogP contribution is 2.21.